The number of rotatable bonds is 6. The van der Waals surface area contributed by atoms with E-state index in [0.717, 1.165) is 5.56 Å². The first-order chi connectivity index (χ1) is 8.45. The average molecular weight is 251 g/mol. The largest absolute Gasteiger partial charge is 0.469 e. The third kappa shape index (κ3) is 4.47. The van der Waals surface area contributed by atoms with Crippen molar-refractivity contribution < 1.29 is 14.6 Å². The van der Waals surface area contributed by atoms with Gasteiger partial charge in [0.1, 0.15) is 0 Å². The minimum Gasteiger partial charge on any atom is -0.469 e. The topological polar surface area (TPSA) is 49.8 Å². The Morgan fingerprint density at radius 1 is 1.39 bits per heavy atom. The molecule has 18 heavy (non-hydrogen) atoms. The van der Waals surface area contributed by atoms with E-state index in [0.29, 0.717) is 19.5 Å². The summed E-state index contributed by atoms with van der Waals surface area (Å²) in [5, 5.41) is 10.4. The van der Waals surface area contributed by atoms with E-state index in [-0.39, 0.29) is 5.97 Å². The first kappa shape index (κ1) is 14.7. The third-order valence-corrected chi connectivity index (χ3v) is 2.90. The Kier molecular flexibility index (Phi) is 5.31. The van der Waals surface area contributed by atoms with Crippen LogP contribution in [-0.4, -0.2) is 43.2 Å². The predicted molar refractivity (Wildman–Crippen MR) is 70.1 cm³/mol. The number of nitrogens with zero attached hydrogens (tertiary/aromatic N) is 1. The SMILES string of the molecule is COC(=O)CCN(C)CC(C)(O)c1ccccc1. The molecule has 0 saturated heterocycles. The number of likely N-dealkylation sites (N-methyl/N-ethyl adjacent to an activating group) is 1. The summed E-state index contributed by atoms with van der Waals surface area (Å²) in [4.78, 5) is 13.0. The molecule has 0 aromatic heterocycles. The van der Waals surface area contributed by atoms with Crippen molar-refractivity contribution in [2.45, 2.75) is 18.9 Å². The van der Waals surface area contributed by atoms with Crippen LogP contribution in [0.1, 0.15) is 18.9 Å². The van der Waals surface area contributed by atoms with Gasteiger partial charge in [0.25, 0.3) is 0 Å². The Hall–Kier alpha value is -1.39. The molecule has 0 aliphatic rings. The Balaban J connectivity index is 2.52. The van der Waals surface area contributed by atoms with Crippen molar-refractivity contribution in [3.05, 3.63) is 35.9 Å². The Morgan fingerprint density at radius 3 is 2.56 bits per heavy atom. The van der Waals surface area contributed by atoms with Gasteiger partial charge < -0.3 is 14.7 Å². The maximum Gasteiger partial charge on any atom is 0.306 e. The molecule has 4 heteroatoms. The maximum atomic E-state index is 11.0. The van der Waals surface area contributed by atoms with Crippen molar-refractivity contribution in [1.82, 2.24) is 4.90 Å². The zero-order valence-electron chi connectivity index (χ0n) is 11.2. The van der Waals surface area contributed by atoms with Crippen LogP contribution in [0.15, 0.2) is 30.3 Å². The van der Waals surface area contributed by atoms with Gasteiger partial charge in [0.2, 0.25) is 0 Å². The average Bonchev–Trinajstić information content (AvgIpc) is 2.36. The van der Waals surface area contributed by atoms with Gasteiger partial charge in [-0.05, 0) is 19.5 Å². The Labute approximate surface area is 108 Å². The molecule has 0 aliphatic carbocycles. The van der Waals surface area contributed by atoms with Crippen molar-refractivity contribution in [3.8, 4) is 0 Å². The smallest absolute Gasteiger partial charge is 0.306 e. The summed E-state index contributed by atoms with van der Waals surface area (Å²) >= 11 is 0. The van der Waals surface area contributed by atoms with Gasteiger partial charge in [-0.25, -0.2) is 0 Å². The van der Waals surface area contributed by atoms with Crippen LogP contribution in [0.4, 0.5) is 0 Å². The van der Waals surface area contributed by atoms with Crippen LogP contribution in [0.25, 0.3) is 0 Å². The molecule has 0 bridgehead atoms. The van der Waals surface area contributed by atoms with Crippen molar-refractivity contribution in [2.24, 2.45) is 0 Å². The number of aliphatic hydroxyl groups is 1. The first-order valence-corrected chi connectivity index (χ1v) is 5.99. The summed E-state index contributed by atoms with van der Waals surface area (Å²) in [5.74, 6) is -0.235. The van der Waals surface area contributed by atoms with Crippen LogP contribution in [0.2, 0.25) is 0 Å². The second kappa shape index (κ2) is 6.52. The van der Waals surface area contributed by atoms with Gasteiger partial charge in [0.05, 0.1) is 19.1 Å². The monoisotopic (exact) mass is 251 g/mol. The standard InChI is InChI=1S/C14H21NO3/c1-14(17,12-7-5-4-6-8-12)11-15(2)10-9-13(16)18-3/h4-8,17H,9-11H2,1-3H3. The van der Waals surface area contributed by atoms with E-state index in [4.69, 9.17) is 0 Å². The Bertz CT molecular complexity index is 376. The summed E-state index contributed by atoms with van der Waals surface area (Å²) in [7, 11) is 3.25. The lowest BCUT2D eigenvalue weighted by Crippen LogP contribution is -2.37. The molecular formula is C14H21NO3. The van der Waals surface area contributed by atoms with Crippen molar-refractivity contribution in [1.29, 1.82) is 0 Å². The number of esters is 1. The van der Waals surface area contributed by atoms with Crippen LogP contribution in [0, 0.1) is 0 Å². The minimum absolute atomic E-state index is 0.235. The van der Waals surface area contributed by atoms with Crippen LogP contribution in [0.3, 0.4) is 0 Å². The molecule has 1 rings (SSSR count). The number of methoxy groups -OCH3 is 1. The van der Waals surface area contributed by atoms with E-state index < -0.39 is 5.60 Å². The Morgan fingerprint density at radius 2 is 2.00 bits per heavy atom. The number of benzene rings is 1. The van der Waals surface area contributed by atoms with Gasteiger partial charge in [-0.2, -0.15) is 0 Å². The second-order valence-electron chi connectivity index (χ2n) is 4.70. The second-order valence-corrected chi connectivity index (χ2v) is 4.70. The fourth-order valence-electron chi connectivity index (χ4n) is 1.88. The van der Waals surface area contributed by atoms with Gasteiger partial charge in [-0.15, -0.1) is 0 Å². The van der Waals surface area contributed by atoms with Crippen LogP contribution in [0.5, 0.6) is 0 Å². The molecule has 100 valence electrons. The van der Waals surface area contributed by atoms with Crippen molar-refractivity contribution >= 4 is 5.97 Å². The van der Waals surface area contributed by atoms with E-state index in [1.807, 2.05) is 42.3 Å². The summed E-state index contributed by atoms with van der Waals surface area (Å²) in [5.41, 5.74) is -0.0542. The van der Waals surface area contributed by atoms with Gasteiger partial charge >= 0.3 is 5.97 Å². The molecule has 4 nitrogen and oxygen atoms in total. The fourth-order valence-corrected chi connectivity index (χ4v) is 1.88. The van der Waals surface area contributed by atoms with E-state index in [1.165, 1.54) is 7.11 Å². The van der Waals surface area contributed by atoms with E-state index in [9.17, 15) is 9.90 Å². The third-order valence-electron chi connectivity index (χ3n) is 2.90. The van der Waals surface area contributed by atoms with Crippen molar-refractivity contribution in [3.63, 3.8) is 0 Å². The van der Waals surface area contributed by atoms with E-state index in [2.05, 4.69) is 4.74 Å². The van der Waals surface area contributed by atoms with Crippen LogP contribution >= 0.6 is 0 Å². The lowest BCUT2D eigenvalue weighted by atomic mass is 9.95. The van der Waals surface area contributed by atoms with E-state index in [1.54, 1.807) is 6.92 Å². The molecule has 0 spiro atoms. The van der Waals surface area contributed by atoms with Gasteiger partial charge in [0.15, 0.2) is 0 Å². The highest BCUT2D eigenvalue weighted by molar-refractivity contribution is 5.69. The number of carbonyl (C=O) groups is 1. The normalized spacial score (nSPS) is 14.3. The predicted octanol–water partition coefficient (Wildman–Crippen LogP) is 1.39. The number of ether oxygens (including phenoxy) is 1. The van der Waals surface area contributed by atoms with Gasteiger partial charge in [-0.1, -0.05) is 30.3 Å². The zero-order valence-corrected chi connectivity index (χ0v) is 11.2. The van der Waals surface area contributed by atoms with Gasteiger partial charge in [-0.3, -0.25) is 4.79 Å². The lowest BCUT2D eigenvalue weighted by molar-refractivity contribution is -0.141. The number of hydrogen-bond donors (Lipinski definition) is 1. The molecule has 0 amide bonds. The molecule has 1 N–H and O–H groups in total. The number of carbonyl (C=O) groups excluding carboxylic acids is 1. The zero-order chi connectivity index (χ0) is 13.6. The summed E-state index contributed by atoms with van der Waals surface area (Å²) in [6.07, 6.45) is 0.331. The minimum atomic E-state index is -0.924. The molecular weight excluding hydrogens is 230 g/mol. The highest BCUT2D eigenvalue weighted by Gasteiger charge is 2.24. The summed E-state index contributed by atoms with van der Waals surface area (Å²) in [6, 6.07) is 9.51. The summed E-state index contributed by atoms with van der Waals surface area (Å²) < 4.78 is 4.59. The fraction of sp³-hybridized carbons (Fsp3) is 0.500. The molecule has 1 atom stereocenters. The van der Waals surface area contributed by atoms with Crippen LogP contribution < -0.4 is 0 Å². The highest BCUT2D eigenvalue weighted by Crippen LogP contribution is 2.20. The highest BCUT2D eigenvalue weighted by atomic mass is 16.5. The van der Waals surface area contributed by atoms with E-state index >= 15 is 0 Å². The number of hydrogen-bond acceptors (Lipinski definition) is 4. The quantitative estimate of drug-likeness (QED) is 0.776. The molecule has 0 aliphatic heterocycles. The van der Waals surface area contributed by atoms with Crippen molar-refractivity contribution in [2.75, 3.05) is 27.2 Å². The van der Waals surface area contributed by atoms with Gasteiger partial charge in [0, 0.05) is 13.1 Å². The molecule has 0 heterocycles. The molecule has 0 fully saturated rings. The maximum absolute atomic E-state index is 11.0. The molecule has 0 saturated carbocycles. The molecule has 1 aromatic rings. The first-order valence-electron chi connectivity index (χ1n) is 5.99. The molecule has 0 radical (unpaired) electrons. The molecule has 1 unspecified atom stereocenters. The van der Waals surface area contributed by atoms with Crippen LogP contribution in [-0.2, 0) is 15.1 Å². The summed E-state index contributed by atoms with van der Waals surface area (Å²) in [6.45, 7) is 2.81. The molecule has 1 aromatic carbocycles. The lowest BCUT2D eigenvalue weighted by Gasteiger charge is -2.29.